The van der Waals surface area contributed by atoms with Gasteiger partial charge in [-0.2, -0.15) is 0 Å². The van der Waals surface area contributed by atoms with Gasteiger partial charge in [0.25, 0.3) is 5.91 Å². The molecule has 15 heavy (non-hydrogen) atoms. The molecule has 1 saturated heterocycles. The second-order valence-corrected chi connectivity index (χ2v) is 3.96. The molecule has 0 unspecified atom stereocenters. The molecule has 3 amide bonds. The summed E-state index contributed by atoms with van der Waals surface area (Å²) in [6.45, 7) is 1.77. The van der Waals surface area contributed by atoms with Gasteiger partial charge >= 0.3 is 6.03 Å². The van der Waals surface area contributed by atoms with Crippen molar-refractivity contribution < 1.29 is 14.7 Å². The summed E-state index contributed by atoms with van der Waals surface area (Å²) in [6.07, 6.45) is 4.58. The van der Waals surface area contributed by atoms with Gasteiger partial charge in [-0.15, -0.1) is 0 Å². The Hall–Kier alpha value is -1.10. The summed E-state index contributed by atoms with van der Waals surface area (Å²) in [4.78, 5) is 22.4. The maximum Gasteiger partial charge on any atom is 0.322 e. The molecule has 0 saturated carbocycles. The van der Waals surface area contributed by atoms with E-state index in [1.165, 1.54) is 0 Å². The Morgan fingerprint density at radius 1 is 1.27 bits per heavy atom. The SMILES string of the molecule is CCCCCC[C@@]1(CO)NC(=O)NC1=O. The lowest BCUT2D eigenvalue weighted by atomic mass is 9.93. The van der Waals surface area contributed by atoms with Crippen LogP contribution in [0.15, 0.2) is 0 Å². The van der Waals surface area contributed by atoms with Crippen LogP contribution in [0.4, 0.5) is 4.79 Å². The Bertz CT molecular complexity index is 255. The highest BCUT2D eigenvalue weighted by Gasteiger charge is 2.44. The van der Waals surface area contributed by atoms with Gasteiger partial charge < -0.3 is 10.4 Å². The highest BCUT2D eigenvalue weighted by molar-refractivity contribution is 6.07. The molecule has 1 heterocycles. The predicted molar refractivity (Wildman–Crippen MR) is 55.3 cm³/mol. The minimum Gasteiger partial charge on any atom is -0.393 e. The van der Waals surface area contributed by atoms with Crippen molar-refractivity contribution in [3.05, 3.63) is 0 Å². The van der Waals surface area contributed by atoms with Crippen LogP contribution < -0.4 is 10.6 Å². The molecule has 1 rings (SSSR count). The first-order valence-corrected chi connectivity index (χ1v) is 5.39. The van der Waals surface area contributed by atoms with Crippen molar-refractivity contribution >= 4 is 11.9 Å². The maximum absolute atomic E-state index is 11.4. The lowest BCUT2D eigenvalue weighted by Crippen LogP contribution is -2.50. The van der Waals surface area contributed by atoms with E-state index in [1.807, 2.05) is 0 Å². The normalized spacial score (nSPS) is 25.2. The van der Waals surface area contributed by atoms with Crippen LogP contribution in [0.25, 0.3) is 0 Å². The van der Waals surface area contributed by atoms with Crippen molar-refractivity contribution in [1.29, 1.82) is 0 Å². The summed E-state index contributed by atoms with van der Waals surface area (Å²) in [5.74, 6) is -0.411. The van der Waals surface area contributed by atoms with Crippen LogP contribution in [-0.2, 0) is 4.79 Å². The first-order chi connectivity index (χ1) is 7.14. The Labute approximate surface area is 89.2 Å². The van der Waals surface area contributed by atoms with E-state index in [1.54, 1.807) is 0 Å². The number of imide groups is 1. The summed E-state index contributed by atoms with van der Waals surface area (Å²) in [6, 6.07) is -0.510. The third kappa shape index (κ3) is 2.68. The zero-order chi connectivity index (χ0) is 11.3. The molecule has 1 aliphatic rings. The van der Waals surface area contributed by atoms with Crippen molar-refractivity contribution in [2.45, 2.75) is 44.6 Å². The number of amides is 3. The standard InChI is InChI=1S/C10H18N2O3/c1-2-3-4-5-6-10(7-13)8(14)11-9(15)12-10/h13H,2-7H2,1H3,(H2,11,12,14,15)/t10-/m0/s1. The fourth-order valence-electron chi connectivity index (χ4n) is 1.75. The molecule has 1 fully saturated rings. The van der Waals surface area contributed by atoms with Crippen molar-refractivity contribution in [3.63, 3.8) is 0 Å². The molecule has 1 aliphatic heterocycles. The molecule has 3 N–H and O–H groups in total. The molecule has 0 aromatic carbocycles. The molecule has 0 spiro atoms. The molecule has 5 heteroatoms. The Kier molecular flexibility index (Phi) is 4.08. The lowest BCUT2D eigenvalue weighted by Gasteiger charge is -2.22. The number of aliphatic hydroxyl groups is 1. The number of unbranched alkanes of at least 4 members (excludes halogenated alkanes) is 3. The van der Waals surface area contributed by atoms with Crippen LogP contribution >= 0.6 is 0 Å². The van der Waals surface area contributed by atoms with Crippen LogP contribution in [0, 0.1) is 0 Å². The minimum absolute atomic E-state index is 0.337. The van der Waals surface area contributed by atoms with Crippen LogP contribution in [0.2, 0.25) is 0 Å². The highest BCUT2D eigenvalue weighted by atomic mass is 16.3. The number of carbonyl (C=O) groups is 2. The first kappa shape index (κ1) is 12.0. The number of hydrogen-bond donors (Lipinski definition) is 3. The number of nitrogens with one attached hydrogen (secondary N) is 2. The highest BCUT2D eigenvalue weighted by Crippen LogP contribution is 2.19. The molecular weight excluding hydrogens is 196 g/mol. The molecular formula is C10H18N2O3. The number of aliphatic hydroxyl groups excluding tert-OH is 1. The third-order valence-corrected chi connectivity index (χ3v) is 2.74. The van der Waals surface area contributed by atoms with Gasteiger partial charge in [-0.1, -0.05) is 32.6 Å². The molecule has 5 nitrogen and oxygen atoms in total. The minimum atomic E-state index is -1.08. The van der Waals surface area contributed by atoms with Gasteiger partial charge in [0.15, 0.2) is 0 Å². The smallest absolute Gasteiger partial charge is 0.322 e. The Balaban J connectivity index is 2.46. The summed E-state index contributed by atoms with van der Waals surface area (Å²) in [5.41, 5.74) is -1.08. The second-order valence-electron chi connectivity index (χ2n) is 3.96. The van der Waals surface area contributed by atoms with E-state index in [9.17, 15) is 14.7 Å². The van der Waals surface area contributed by atoms with Crippen LogP contribution in [-0.4, -0.2) is 29.2 Å². The van der Waals surface area contributed by atoms with E-state index >= 15 is 0 Å². The maximum atomic E-state index is 11.4. The van der Waals surface area contributed by atoms with Crippen molar-refractivity contribution in [1.82, 2.24) is 10.6 Å². The largest absolute Gasteiger partial charge is 0.393 e. The Morgan fingerprint density at radius 3 is 2.47 bits per heavy atom. The topological polar surface area (TPSA) is 78.4 Å². The van der Waals surface area contributed by atoms with E-state index in [-0.39, 0.29) is 6.61 Å². The second kappa shape index (κ2) is 5.11. The van der Waals surface area contributed by atoms with Crippen molar-refractivity contribution in [2.24, 2.45) is 0 Å². The third-order valence-electron chi connectivity index (χ3n) is 2.74. The van der Waals surface area contributed by atoms with Crippen molar-refractivity contribution in [2.75, 3.05) is 6.61 Å². The number of urea groups is 1. The fourth-order valence-corrected chi connectivity index (χ4v) is 1.75. The van der Waals surface area contributed by atoms with Crippen LogP contribution in [0.5, 0.6) is 0 Å². The molecule has 0 aromatic heterocycles. The zero-order valence-corrected chi connectivity index (χ0v) is 9.01. The van der Waals surface area contributed by atoms with E-state index in [2.05, 4.69) is 17.6 Å². The van der Waals surface area contributed by atoms with E-state index in [4.69, 9.17) is 0 Å². The average molecular weight is 214 g/mol. The summed E-state index contributed by atoms with van der Waals surface area (Å²) in [5, 5.41) is 13.8. The Morgan fingerprint density at radius 2 is 2.00 bits per heavy atom. The molecule has 1 atom stereocenters. The van der Waals surface area contributed by atoms with Crippen LogP contribution in [0.1, 0.15) is 39.0 Å². The van der Waals surface area contributed by atoms with Gasteiger partial charge in [-0.3, -0.25) is 10.1 Å². The first-order valence-electron chi connectivity index (χ1n) is 5.39. The molecule has 0 radical (unpaired) electrons. The van der Waals surface area contributed by atoms with Gasteiger partial charge in [0.05, 0.1) is 6.61 Å². The predicted octanol–water partition coefficient (Wildman–Crippen LogP) is 0.527. The van der Waals surface area contributed by atoms with Crippen molar-refractivity contribution in [3.8, 4) is 0 Å². The van der Waals surface area contributed by atoms with Gasteiger partial charge in [-0.05, 0) is 6.42 Å². The van der Waals surface area contributed by atoms with Crippen LogP contribution in [0.3, 0.4) is 0 Å². The summed E-state index contributed by atoms with van der Waals surface area (Å²) in [7, 11) is 0. The fraction of sp³-hybridized carbons (Fsp3) is 0.800. The molecule has 0 aromatic rings. The van der Waals surface area contributed by atoms with Gasteiger partial charge in [0.1, 0.15) is 5.54 Å². The summed E-state index contributed by atoms with van der Waals surface area (Å²) < 4.78 is 0. The van der Waals surface area contributed by atoms with E-state index in [0.29, 0.717) is 6.42 Å². The van der Waals surface area contributed by atoms with Gasteiger partial charge in [0, 0.05) is 0 Å². The average Bonchev–Trinajstić information content (AvgIpc) is 2.49. The lowest BCUT2D eigenvalue weighted by molar-refractivity contribution is -0.125. The zero-order valence-electron chi connectivity index (χ0n) is 9.01. The van der Waals surface area contributed by atoms with E-state index in [0.717, 1.165) is 25.7 Å². The summed E-state index contributed by atoms with van der Waals surface area (Å²) >= 11 is 0. The molecule has 86 valence electrons. The van der Waals surface area contributed by atoms with E-state index < -0.39 is 17.5 Å². The number of hydrogen-bond acceptors (Lipinski definition) is 3. The quantitative estimate of drug-likeness (QED) is 0.445. The monoisotopic (exact) mass is 214 g/mol. The number of carbonyl (C=O) groups excluding carboxylic acids is 2. The molecule has 0 aliphatic carbocycles. The van der Waals surface area contributed by atoms with Gasteiger partial charge in [0.2, 0.25) is 0 Å². The van der Waals surface area contributed by atoms with Gasteiger partial charge in [-0.25, -0.2) is 4.79 Å². The number of rotatable bonds is 6. The molecule has 0 bridgehead atoms.